The molecule has 0 bridgehead atoms. The molecule has 1 aliphatic heterocycles. The molecule has 1 aliphatic rings. The molecule has 2 heterocycles. The lowest BCUT2D eigenvalue weighted by atomic mass is 10.1. The van der Waals surface area contributed by atoms with E-state index in [4.69, 9.17) is 21.7 Å². The van der Waals surface area contributed by atoms with E-state index in [9.17, 15) is 26.4 Å². The minimum Gasteiger partial charge on any atom is -0.437 e. The Labute approximate surface area is 222 Å². The third kappa shape index (κ3) is 5.91. The van der Waals surface area contributed by atoms with Crippen LogP contribution in [0.25, 0.3) is 0 Å². The van der Waals surface area contributed by atoms with Crippen LogP contribution < -0.4 is 9.46 Å². The molecule has 1 fully saturated rings. The molecule has 2 N–H and O–H groups in total. The molecule has 0 radical (unpaired) electrons. The molecule has 1 amide bonds. The number of pyridine rings is 1. The van der Waals surface area contributed by atoms with Crippen LogP contribution in [0.3, 0.4) is 0 Å². The Morgan fingerprint density at radius 2 is 1.92 bits per heavy atom. The summed E-state index contributed by atoms with van der Waals surface area (Å²) in [5, 5.41) is 6.87. The highest BCUT2D eigenvalue weighted by atomic mass is 35.5. The van der Waals surface area contributed by atoms with Gasteiger partial charge in [-0.25, -0.2) is 13.4 Å². The quantitative estimate of drug-likeness (QED) is 0.345. The molecular weight excluding hydrogens is 545 g/mol. The molecule has 38 heavy (non-hydrogen) atoms. The van der Waals surface area contributed by atoms with Crippen LogP contribution in [-0.2, 0) is 16.2 Å². The van der Waals surface area contributed by atoms with Crippen LogP contribution >= 0.6 is 11.6 Å². The number of ether oxygens (including phenoxy) is 1. The van der Waals surface area contributed by atoms with Crippen LogP contribution in [0.1, 0.15) is 34.3 Å². The summed E-state index contributed by atoms with van der Waals surface area (Å²) in [6, 6.07) is 9.57. The van der Waals surface area contributed by atoms with Gasteiger partial charge in [-0.1, -0.05) is 11.6 Å². The van der Waals surface area contributed by atoms with E-state index in [0.717, 1.165) is 25.0 Å². The van der Waals surface area contributed by atoms with E-state index in [1.54, 1.807) is 24.0 Å². The van der Waals surface area contributed by atoms with Crippen LogP contribution in [0, 0.1) is 12.3 Å². The highest BCUT2D eigenvalue weighted by molar-refractivity contribution is 7.92. The third-order valence-corrected chi connectivity index (χ3v) is 7.55. The predicted octanol–water partition coefficient (Wildman–Crippen LogP) is 5.91. The molecule has 0 unspecified atom stereocenters. The Balaban J connectivity index is 1.57. The van der Waals surface area contributed by atoms with E-state index in [-0.39, 0.29) is 29.3 Å². The van der Waals surface area contributed by atoms with Crippen molar-refractivity contribution < 1.29 is 31.1 Å². The zero-order valence-electron chi connectivity index (χ0n) is 19.9. The fraction of sp³-hybridized carbons (Fsp3) is 0.240. The van der Waals surface area contributed by atoms with Gasteiger partial charge in [-0.3, -0.25) is 9.52 Å². The SMILES string of the molecule is Cc1cnc(Oc2ccc(C(=O)N3CCC[C@H]3C=N)cc2)c(NS(=O)(=O)c2ccc(Cl)c(C(F)(F)F)c2)c1. The first-order chi connectivity index (χ1) is 17.9. The number of sulfonamides is 1. The maximum Gasteiger partial charge on any atom is 0.417 e. The number of nitrogens with zero attached hydrogens (tertiary/aromatic N) is 2. The summed E-state index contributed by atoms with van der Waals surface area (Å²) in [7, 11) is -4.48. The Kier molecular flexibility index (Phi) is 7.65. The van der Waals surface area contributed by atoms with Crippen molar-refractivity contribution >= 4 is 39.4 Å². The smallest absolute Gasteiger partial charge is 0.417 e. The average Bonchev–Trinajstić information content (AvgIpc) is 3.34. The maximum atomic E-state index is 13.2. The number of anilines is 1. The number of nitrogens with one attached hydrogen (secondary N) is 2. The van der Waals surface area contributed by atoms with Crippen molar-refractivity contribution in [2.24, 2.45) is 0 Å². The molecule has 1 saturated heterocycles. The van der Waals surface area contributed by atoms with Crippen molar-refractivity contribution in [1.29, 1.82) is 5.41 Å². The summed E-state index contributed by atoms with van der Waals surface area (Å²) in [6.45, 7) is 2.21. The topological polar surface area (TPSA) is 112 Å². The van der Waals surface area contributed by atoms with Gasteiger partial charge in [0.1, 0.15) is 11.4 Å². The van der Waals surface area contributed by atoms with E-state index >= 15 is 0 Å². The molecule has 1 aromatic heterocycles. The van der Waals surface area contributed by atoms with E-state index in [1.807, 2.05) is 0 Å². The van der Waals surface area contributed by atoms with Gasteiger partial charge in [-0.15, -0.1) is 0 Å². The highest BCUT2D eigenvalue weighted by Crippen LogP contribution is 2.37. The standard InChI is InChI=1S/C25H22ClF3N4O4S/c1-15-11-22(32-38(35,36)19-8-9-21(26)20(12-19)25(27,28)29)23(31-14-15)37-18-6-4-16(5-7-18)24(34)33-10-2-3-17(33)13-30/h4-9,11-14,17,30,32H,2-3,10H2,1H3/t17-/m0/s1. The van der Waals surface area contributed by atoms with E-state index < -0.39 is 31.7 Å². The summed E-state index contributed by atoms with van der Waals surface area (Å²) >= 11 is 5.61. The number of likely N-dealkylation sites (tertiary alicyclic amines) is 1. The number of benzene rings is 2. The number of carbonyl (C=O) groups is 1. The van der Waals surface area contributed by atoms with Crippen molar-refractivity contribution in [1.82, 2.24) is 9.88 Å². The second-order valence-corrected chi connectivity index (χ2v) is 10.7. The number of carbonyl (C=O) groups excluding carboxylic acids is 1. The van der Waals surface area contributed by atoms with Crippen molar-refractivity contribution in [3.05, 3.63) is 76.4 Å². The van der Waals surface area contributed by atoms with E-state index in [0.29, 0.717) is 23.7 Å². The molecule has 0 spiro atoms. The number of hydrogen-bond acceptors (Lipinski definition) is 6. The second kappa shape index (κ2) is 10.6. The largest absolute Gasteiger partial charge is 0.437 e. The molecule has 200 valence electrons. The van der Waals surface area contributed by atoms with Gasteiger partial charge in [-0.05, 0) is 73.9 Å². The normalized spacial score (nSPS) is 15.8. The molecule has 4 rings (SSSR count). The van der Waals surface area contributed by atoms with Crippen LogP contribution in [-0.4, -0.2) is 43.0 Å². The van der Waals surface area contributed by atoms with Gasteiger partial charge in [-0.2, -0.15) is 13.2 Å². The number of hydrogen-bond donors (Lipinski definition) is 2. The Bertz CT molecular complexity index is 1480. The Morgan fingerprint density at radius 1 is 1.21 bits per heavy atom. The lowest BCUT2D eigenvalue weighted by molar-refractivity contribution is -0.137. The average molecular weight is 567 g/mol. The van der Waals surface area contributed by atoms with Crippen LogP contribution in [0.5, 0.6) is 11.6 Å². The molecular formula is C25H22ClF3N4O4S. The fourth-order valence-corrected chi connectivity index (χ4v) is 5.26. The molecule has 13 heteroatoms. The van der Waals surface area contributed by atoms with Gasteiger partial charge in [0.2, 0.25) is 5.88 Å². The lowest BCUT2D eigenvalue weighted by Gasteiger charge is -2.21. The number of amides is 1. The molecule has 1 atom stereocenters. The van der Waals surface area contributed by atoms with Gasteiger partial charge >= 0.3 is 6.18 Å². The number of rotatable bonds is 7. The Morgan fingerprint density at radius 3 is 2.58 bits per heavy atom. The highest BCUT2D eigenvalue weighted by Gasteiger charge is 2.35. The first-order valence-electron chi connectivity index (χ1n) is 11.3. The summed E-state index contributed by atoms with van der Waals surface area (Å²) in [5.41, 5.74) is -0.419. The lowest BCUT2D eigenvalue weighted by Crippen LogP contribution is -2.36. The van der Waals surface area contributed by atoms with Crippen LogP contribution in [0.4, 0.5) is 18.9 Å². The number of halogens is 4. The molecule has 3 aromatic rings. The Hall–Kier alpha value is -3.64. The van der Waals surface area contributed by atoms with Crippen LogP contribution in [0.15, 0.2) is 59.6 Å². The van der Waals surface area contributed by atoms with Gasteiger partial charge in [0.05, 0.1) is 21.5 Å². The third-order valence-electron chi connectivity index (χ3n) is 5.85. The summed E-state index contributed by atoms with van der Waals surface area (Å²) in [5.74, 6) is -0.119. The molecule has 8 nitrogen and oxygen atoms in total. The number of aromatic nitrogens is 1. The summed E-state index contributed by atoms with van der Waals surface area (Å²) < 4.78 is 73.6. The first-order valence-corrected chi connectivity index (χ1v) is 13.2. The van der Waals surface area contributed by atoms with Gasteiger partial charge in [0, 0.05) is 24.5 Å². The number of aryl methyl sites for hydroxylation is 1. The fourth-order valence-electron chi connectivity index (χ4n) is 3.96. The van der Waals surface area contributed by atoms with Crippen molar-refractivity contribution in [2.75, 3.05) is 11.3 Å². The van der Waals surface area contributed by atoms with Gasteiger partial charge in [0.15, 0.2) is 0 Å². The minimum absolute atomic E-state index is 0.0976. The van der Waals surface area contributed by atoms with Gasteiger partial charge < -0.3 is 15.0 Å². The second-order valence-electron chi connectivity index (χ2n) is 8.61. The molecule has 0 saturated carbocycles. The van der Waals surface area contributed by atoms with E-state index in [1.165, 1.54) is 30.6 Å². The maximum absolute atomic E-state index is 13.2. The minimum atomic E-state index is -4.84. The van der Waals surface area contributed by atoms with Crippen molar-refractivity contribution in [3.63, 3.8) is 0 Å². The summed E-state index contributed by atoms with van der Waals surface area (Å²) in [4.78, 5) is 17.9. The molecule has 0 aliphatic carbocycles. The first kappa shape index (κ1) is 27.4. The monoisotopic (exact) mass is 566 g/mol. The zero-order valence-corrected chi connectivity index (χ0v) is 21.5. The summed E-state index contributed by atoms with van der Waals surface area (Å²) in [6.07, 6.45) is -0.605. The predicted molar refractivity (Wildman–Crippen MR) is 136 cm³/mol. The number of alkyl halides is 3. The zero-order chi connectivity index (χ0) is 27.7. The van der Waals surface area contributed by atoms with Crippen LogP contribution in [0.2, 0.25) is 5.02 Å². The van der Waals surface area contributed by atoms with Crippen molar-refractivity contribution in [2.45, 2.75) is 36.9 Å². The van der Waals surface area contributed by atoms with Crippen molar-refractivity contribution in [3.8, 4) is 11.6 Å². The molecule has 2 aromatic carbocycles. The van der Waals surface area contributed by atoms with Gasteiger partial charge in [0.25, 0.3) is 15.9 Å². The van der Waals surface area contributed by atoms with E-state index in [2.05, 4.69) is 9.71 Å².